The van der Waals surface area contributed by atoms with Gasteiger partial charge >= 0.3 is 0 Å². The molecule has 0 radical (unpaired) electrons. The molecule has 0 fully saturated rings. The van der Waals surface area contributed by atoms with Crippen LogP contribution in [0.5, 0.6) is 17.2 Å². The number of anilines is 1. The molecule has 1 aromatic heterocycles. The molecule has 0 spiro atoms. The first-order chi connectivity index (χ1) is 17.6. The third-order valence-electron chi connectivity index (χ3n) is 5.23. The Morgan fingerprint density at radius 1 is 0.917 bits per heavy atom. The predicted octanol–water partition coefficient (Wildman–Crippen LogP) is 7.54. The van der Waals surface area contributed by atoms with Crippen LogP contribution in [0.15, 0.2) is 107 Å². The van der Waals surface area contributed by atoms with Gasteiger partial charge in [0.05, 0.1) is 23.5 Å². The first kappa shape index (κ1) is 23.7. The van der Waals surface area contributed by atoms with E-state index in [1.165, 1.54) is 16.3 Å². The lowest BCUT2D eigenvalue weighted by molar-refractivity contribution is 0.0988. The van der Waals surface area contributed by atoms with E-state index in [0.717, 1.165) is 31.8 Å². The molecule has 0 aliphatic rings. The number of rotatable bonds is 7. The number of para-hydroxylation sites is 1. The number of hydrogen-bond donors (Lipinski definition) is 0. The van der Waals surface area contributed by atoms with Gasteiger partial charge in [-0.1, -0.05) is 57.6 Å². The molecule has 0 atom stereocenters. The molecule has 6 nitrogen and oxygen atoms in total. The van der Waals surface area contributed by atoms with Gasteiger partial charge in [0.15, 0.2) is 0 Å². The molecule has 5 aromatic rings. The largest absolute Gasteiger partial charge is 0.497 e. The summed E-state index contributed by atoms with van der Waals surface area (Å²) < 4.78 is 13.0. The fraction of sp³-hybridized carbons (Fsp3) is 0.0357. The predicted molar refractivity (Wildman–Crippen MR) is 148 cm³/mol. The molecule has 8 heteroatoms. The highest BCUT2D eigenvalue weighted by atomic mass is 79.9. The smallest absolute Gasteiger partial charge is 0.280 e. The summed E-state index contributed by atoms with van der Waals surface area (Å²) in [5.41, 5.74) is 2.07. The van der Waals surface area contributed by atoms with Crippen LogP contribution in [0.3, 0.4) is 0 Å². The molecule has 0 unspecified atom stereocenters. The van der Waals surface area contributed by atoms with Crippen LogP contribution in [0.25, 0.3) is 10.2 Å². The Kier molecular flexibility index (Phi) is 7.06. The van der Waals surface area contributed by atoms with Gasteiger partial charge < -0.3 is 9.47 Å². The second kappa shape index (κ2) is 10.7. The Morgan fingerprint density at radius 3 is 2.33 bits per heavy atom. The van der Waals surface area contributed by atoms with Gasteiger partial charge in [0.2, 0.25) is 5.13 Å². The number of thiazole rings is 1. The lowest BCUT2D eigenvalue weighted by Crippen LogP contribution is -2.25. The average Bonchev–Trinajstić information content (AvgIpc) is 3.33. The molecule has 36 heavy (non-hydrogen) atoms. The molecule has 0 saturated heterocycles. The number of nitrogens with zero attached hydrogens (tertiary/aromatic N) is 3. The quantitative estimate of drug-likeness (QED) is 0.153. The summed E-state index contributed by atoms with van der Waals surface area (Å²) in [7, 11) is 1.62. The minimum atomic E-state index is -0.305. The van der Waals surface area contributed by atoms with E-state index in [4.69, 9.17) is 9.47 Å². The van der Waals surface area contributed by atoms with E-state index in [2.05, 4.69) is 26.0 Å². The van der Waals surface area contributed by atoms with E-state index < -0.39 is 0 Å². The molecule has 5 rings (SSSR count). The highest BCUT2D eigenvalue weighted by molar-refractivity contribution is 9.10. The van der Waals surface area contributed by atoms with Crippen LogP contribution >= 0.6 is 27.3 Å². The highest BCUT2D eigenvalue weighted by Crippen LogP contribution is 2.33. The Labute approximate surface area is 220 Å². The van der Waals surface area contributed by atoms with Crippen molar-refractivity contribution in [3.05, 3.63) is 113 Å². The number of ether oxygens (including phenoxy) is 2. The van der Waals surface area contributed by atoms with E-state index in [1.54, 1.807) is 37.6 Å². The fourth-order valence-electron chi connectivity index (χ4n) is 3.38. The zero-order chi connectivity index (χ0) is 24.9. The molecule has 1 heterocycles. The van der Waals surface area contributed by atoms with Crippen LogP contribution < -0.4 is 14.5 Å². The van der Waals surface area contributed by atoms with Crippen molar-refractivity contribution < 1.29 is 14.3 Å². The fourth-order valence-corrected chi connectivity index (χ4v) is 4.60. The van der Waals surface area contributed by atoms with Crippen molar-refractivity contribution in [3.63, 3.8) is 0 Å². The van der Waals surface area contributed by atoms with Gasteiger partial charge in [-0.3, -0.25) is 4.79 Å². The van der Waals surface area contributed by atoms with Gasteiger partial charge in [-0.2, -0.15) is 10.1 Å². The van der Waals surface area contributed by atoms with Crippen molar-refractivity contribution in [1.29, 1.82) is 0 Å². The summed E-state index contributed by atoms with van der Waals surface area (Å²) in [5.74, 6) is 1.78. The van der Waals surface area contributed by atoms with Gasteiger partial charge in [0.25, 0.3) is 5.91 Å². The molecule has 4 aromatic carbocycles. The number of carbonyl (C=O) groups is 1. The first-order valence-electron chi connectivity index (χ1n) is 11.0. The molecule has 0 N–H and O–H groups in total. The topological polar surface area (TPSA) is 64.0 Å². The zero-order valence-electron chi connectivity index (χ0n) is 19.2. The van der Waals surface area contributed by atoms with Gasteiger partial charge in [-0.25, -0.2) is 4.98 Å². The maximum absolute atomic E-state index is 13.6. The molecular formula is C28H20BrN3O3S. The van der Waals surface area contributed by atoms with Gasteiger partial charge in [-0.05, 0) is 72.3 Å². The number of hydrazone groups is 1. The number of halogens is 1. The van der Waals surface area contributed by atoms with Crippen LogP contribution in [0.4, 0.5) is 5.13 Å². The molecule has 178 valence electrons. The second-order valence-electron chi connectivity index (χ2n) is 7.68. The van der Waals surface area contributed by atoms with Crippen molar-refractivity contribution >= 4 is 54.7 Å². The number of amides is 1. The van der Waals surface area contributed by atoms with Crippen LogP contribution in [-0.2, 0) is 0 Å². The SMILES string of the molecule is COc1ccc2nc(N(/N=C/c3ccc(Br)cc3)C(=O)c3ccc(Oc4ccccc4)cc3)sc2c1. The van der Waals surface area contributed by atoms with Crippen LogP contribution in [-0.4, -0.2) is 24.2 Å². The van der Waals surface area contributed by atoms with E-state index in [1.807, 2.05) is 72.8 Å². The van der Waals surface area contributed by atoms with Crippen molar-refractivity contribution in [1.82, 2.24) is 4.98 Å². The number of methoxy groups -OCH3 is 1. The maximum atomic E-state index is 13.6. The van der Waals surface area contributed by atoms with Crippen molar-refractivity contribution in [2.75, 3.05) is 12.1 Å². The molecule has 0 bridgehead atoms. The van der Waals surface area contributed by atoms with E-state index >= 15 is 0 Å². The average molecular weight is 558 g/mol. The summed E-state index contributed by atoms with van der Waals surface area (Å²) in [5, 5.41) is 6.31. The first-order valence-corrected chi connectivity index (χ1v) is 12.6. The third-order valence-corrected chi connectivity index (χ3v) is 6.75. The summed E-state index contributed by atoms with van der Waals surface area (Å²) in [6.07, 6.45) is 1.64. The van der Waals surface area contributed by atoms with Crippen LogP contribution in [0.2, 0.25) is 0 Å². The molecule has 0 aliphatic heterocycles. The van der Waals surface area contributed by atoms with Crippen LogP contribution in [0, 0.1) is 0 Å². The molecule has 0 aliphatic carbocycles. The van der Waals surface area contributed by atoms with Crippen molar-refractivity contribution in [2.24, 2.45) is 5.10 Å². The molecule has 1 amide bonds. The minimum absolute atomic E-state index is 0.305. The standard InChI is InChI=1S/C28H20BrN3O3S/c1-34-24-15-16-25-26(17-24)36-28(31-25)32(30-18-19-7-11-21(29)12-8-19)27(33)20-9-13-23(14-10-20)35-22-5-3-2-4-6-22/h2-18H,1H3/b30-18+. The maximum Gasteiger partial charge on any atom is 0.280 e. The Bertz CT molecular complexity index is 1520. The summed E-state index contributed by atoms with van der Waals surface area (Å²) in [6.45, 7) is 0. The van der Waals surface area contributed by atoms with Crippen molar-refractivity contribution in [3.8, 4) is 17.2 Å². The van der Waals surface area contributed by atoms with Gasteiger partial charge in [0.1, 0.15) is 17.2 Å². The Hall–Kier alpha value is -4.01. The van der Waals surface area contributed by atoms with Crippen molar-refractivity contribution in [2.45, 2.75) is 0 Å². The monoisotopic (exact) mass is 557 g/mol. The molecular weight excluding hydrogens is 538 g/mol. The van der Waals surface area contributed by atoms with E-state index in [9.17, 15) is 4.79 Å². The molecule has 0 saturated carbocycles. The highest BCUT2D eigenvalue weighted by Gasteiger charge is 2.21. The number of hydrogen-bond acceptors (Lipinski definition) is 6. The summed E-state index contributed by atoms with van der Waals surface area (Å²) in [6, 6.07) is 29.7. The normalized spacial score (nSPS) is 11.1. The van der Waals surface area contributed by atoms with Gasteiger partial charge in [-0.15, -0.1) is 0 Å². The Morgan fingerprint density at radius 2 is 1.61 bits per heavy atom. The minimum Gasteiger partial charge on any atom is -0.497 e. The number of fused-ring (bicyclic) bond motifs is 1. The van der Waals surface area contributed by atoms with E-state index in [-0.39, 0.29) is 5.91 Å². The third kappa shape index (κ3) is 5.45. The lowest BCUT2D eigenvalue weighted by Gasteiger charge is -2.14. The summed E-state index contributed by atoms with van der Waals surface area (Å²) in [4.78, 5) is 18.3. The number of carbonyl (C=O) groups excluding carboxylic acids is 1. The number of aromatic nitrogens is 1. The van der Waals surface area contributed by atoms with Crippen LogP contribution in [0.1, 0.15) is 15.9 Å². The lowest BCUT2D eigenvalue weighted by atomic mass is 10.2. The summed E-state index contributed by atoms with van der Waals surface area (Å²) >= 11 is 4.80. The second-order valence-corrected chi connectivity index (χ2v) is 9.61. The Balaban J connectivity index is 1.46. The van der Waals surface area contributed by atoms with Gasteiger partial charge in [0, 0.05) is 10.0 Å². The number of benzene rings is 4. The van der Waals surface area contributed by atoms with E-state index in [0.29, 0.717) is 16.4 Å². The zero-order valence-corrected chi connectivity index (χ0v) is 21.6.